The molecule has 0 aliphatic carbocycles. The Balaban J connectivity index is 1.86. The molecule has 16 heavy (non-hydrogen) atoms. The van der Waals surface area contributed by atoms with Crippen LogP contribution in [-0.4, -0.2) is 30.3 Å². The standard InChI is InChI=1S/C13H19NO2/c1-10(2)11-5-6-14(8-11)9-12(15)13-4-3-7-16-13/h3-4,7,10-11H,5-6,8-9H2,1-2H3. The number of nitrogens with zero attached hydrogens (tertiary/aromatic N) is 1. The number of furan rings is 1. The second kappa shape index (κ2) is 4.83. The van der Waals surface area contributed by atoms with Crippen molar-refractivity contribution in [2.75, 3.05) is 19.6 Å². The van der Waals surface area contributed by atoms with Gasteiger partial charge in [0.15, 0.2) is 5.76 Å². The quantitative estimate of drug-likeness (QED) is 0.732. The van der Waals surface area contributed by atoms with E-state index in [1.54, 1.807) is 18.4 Å². The number of carbonyl (C=O) groups excluding carboxylic acids is 1. The first-order valence-corrected chi connectivity index (χ1v) is 5.96. The predicted octanol–water partition coefficient (Wildman–Crippen LogP) is 2.44. The zero-order valence-corrected chi connectivity index (χ0v) is 9.98. The minimum absolute atomic E-state index is 0.0920. The van der Waals surface area contributed by atoms with Crippen molar-refractivity contribution in [3.63, 3.8) is 0 Å². The van der Waals surface area contributed by atoms with Crippen molar-refractivity contribution in [2.45, 2.75) is 20.3 Å². The Bertz CT molecular complexity index is 343. The summed E-state index contributed by atoms with van der Waals surface area (Å²) in [5.74, 6) is 2.02. The van der Waals surface area contributed by atoms with Crippen molar-refractivity contribution in [3.8, 4) is 0 Å². The van der Waals surface area contributed by atoms with Gasteiger partial charge in [-0.1, -0.05) is 13.8 Å². The first-order chi connectivity index (χ1) is 7.66. The number of carbonyl (C=O) groups is 1. The van der Waals surface area contributed by atoms with Crippen LogP contribution in [0.1, 0.15) is 30.8 Å². The van der Waals surface area contributed by atoms with Gasteiger partial charge in [0.1, 0.15) is 0 Å². The van der Waals surface area contributed by atoms with Crippen LogP contribution >= 0.6 is 0 Å². The van der Waals surface area contributed by atoms with E-state index in [1.807, 2.05) is 0 Å². The van der Waals surface area contributed by atoms with E-state index in [2.05, 4.69) is 18.7 Å². The van der Waals surface area contributed by atoms with Crippen LogP contribution in [0.5, 0.6) is 0 Å². The van der Waals surface area contributed by atoms with Crippen LogP contribution < -0.4 is 0 Å². The molecule has 3 heteroatoms. The van der Waals surface area contributed by atoms with Crippen LogP contribution in [0.25, 0.3) is 0 Å². The van der Waals surface area contributed by atoms with Crippen molar-refractivity contribution < 1.29 is 9.21 Å². The van der Waals surface area contributed by atoms with E-state index in [9.17, 15) is 4.79 Å². The lowest BCUT2D eigenvalue weighted by Crippen LogP contribution is -2.28. The van der Waals surface area contributed by atoms with Crippen molar-refractivity contribution >= 4 is 5.78 Å². The monoisotopic (exact) mass is 221 g/mol. The third kappa shape index (κ3) is 2.53. The molecule has 0 aromatic carbocycles. The molecule has 1 saturated heterocycles. The number of Topliss-reactive ketones (excluding diaryl/α,β-unsaturated/α-hetero) is 1. The zero-order chi connectivity index (χ0) is 11.5. The Hall–Kier alpha value is -1.09. The minimum Gasteiger partial charge on any atom is -0.461 e. The van der Waals surface area contributed by atoms with Gasteiger partial charge in [0.2, 0.25) is 5.78 Å². The minimum atomic E-state index is 0.0920. The highest BCUT2D eigenvalue weighted by molar-refractivity contribution is 5.95. The van der Waals surface area contributed by atoms with Crippen molar-refractivity contribution in [1.82, 2.24) is 4.90 Å². The highest BCUT2D eigenvalue weighted by Gasteiger charge is 2.26. The smallest absolute Gasteiger partial charge is 0.211 e. The average Bonchev–Trinajstić information content (AvgIpc) is 2.87. The second-order valence-electron chi connectivity index (χ2n) is 4.93. The lowest BCUT2D eigenvalue weighted by molar-refractivity contribution is 0.0914. The van der Waals surface area contributed by atoms with Gasteiger partial charge >= 0.3 is 0 Å². The van der Waals surface area contributed by atoms with Gasteiger partial charge in [0.05, 0.1) is 12.8 Å². The van der Waals surface area contributed by atoms with Gasteiger partial charge in [0.25, 0.3) is 0 Å². The molecule has 1 unspecified atom stereocenters. The third-order valence-electron chi connectivity index (χ3n) is 3.41. The number of hydrogen-bond acceptors (Lipinski definition) is 3. The summed E-state index contributed by atoms with van der Waals surface area (Å²) in [7, 11) is 0. The Morgan fingerprint density at radius 1 is 1.62 bits per heavy atom. The fraction of sp³-hybridized carbons (Fsp3) is 0.615. The summed E-state index contributed by atoms with van der Waals surface area (Å²) in [5, 5.41) is 0. The molecular formula is C13H19NO2. The third-order valence-corrected chi connectivity index (χ3v) is 3.41. The number of ketones is 1. The van der Waals surface area contributed by atoms with Gasteiger partial charge in [-0.15, -0.1) is 0 Å². The summed E-state index contributed by atoms with van der Waals surface area (Å²) in [6.07, 6.45) is 2.76. The number of rotatable bonds is 4. The highest BCUT2D eigenvalue weighted by Crippen LogP contribution is 2.23. The molecular weight excluding hydrogens is 202 g/mol. The molecule has 0 spiro atoms. The summed E-state index contributed by atoms with van der Waals surface area (Å²) in [6.45, 7) is 7.08. The van der Waals surface area contributed by atoms with Crippen LogP contribution in [0.2, 0.25) is 0 Å². The molecule has 88 valence electrons. The molecule has 0 amide bonds. The molecule has 0 bridgehead atoms. The molecule has 1 aliphatic heterocycles. The summed E-state index contributed by atoms with van der Waals surface area (Å²) >= 11 is 0. The lowest BCUT2D eigenvalue weighted by Gasteiger charge is -2.16. The molecule has 1 aliphatic rings. The zero-order valence-electron chi connectivity index (χ0n) is 9.98. The van der Waals surface area contributed by atoms with Gasteiger partial charge in [-0.2, -0.15) is 0 Å². The van der Waals surface area contributed by atoms with Crippen LogP contribution in [0, 0.1) is 11.8 Å². The van der Waals surface area contributed by atoms with E-state index in [0.717, 1.165) is 19.0 Å². The fourth-order valence-corrected chi connectivity index (χ4v) is 2.27. The van der Waals surface area contributed by atoms with Crippen molar-refractivity contribution in [3.05, 3.63) is 24.2 Å². The van der Waals surface area contributed by atoms with E-state index in [-0.39, 0.29) is 5.78 Å². The van der Waals surface area contributed by atoms with Crippen molar-refractivity contribution in [1.29, 1.82) is 0 Å². The first-order valence-electron chi connectivity index (χ1n) is 5.96. The molecule has 1 fully saturated rings. The maximum Gasteiger partial charge on any atom is 0.211 e. The average molecular weight is 221 g/mol. The molecule has 0 radical (unpaired) electrons. The number of hydrogen-bond donors (Lipinski definition) is 0. The van der Waals surface area contributed by atoms with Gasteiger partial charge in [-0.05, 0) is 36.9 Å². The molecule has 0 saturated carbocycles. The second-order valence-corrected chi connectivity index (χ2v) is 4.93. The van der Waals surface area contributed by atoms with Gasteiger partial charge in [-0.25, -0.2) is 0 Å². The summed E-state index contributed by atoms with van der Waals surface area (Å²) in [4.78, 5) is 14.0. The lowest BCUT2D eigenvalue weighted by atomic mass is 9.95. The van der Waals surface area contributed by atoms with Crippen LogP contribution in [0.15, 0.2) is 22.8 Å². The summed E-state index contributed by atoms with van der Waals surface area (Å²) in [5.41, 5.74) is 0. The maximum absolute atomic E-state index is 11.8. The molecule has 1 aromatic rings. The predicted molar refractivity (Wildman–Crippen MR) is 62.4 cm³/mol. The van der Waals surface area contributed by atoms with E-state index < -0.39 is 0 Å². The Labute approximate surface area is 96.4 Å². The highest BCUT2D eigenvalue weighted by atomic mass is 16.3. The Morgan fingerprint density at radius 2 is 2.44 bits per heavy atom. The largest absolute Gasteiger partial charge is 0.461 e. The van der Waals surface area contributed by atoms with E-state index in [4.69, 9.17) is 4.42 Å². The van der Waals surface area contributed by atoms with E-state index in [0.29, 0.717) is 18.2 Å². The molecule has 3 nitrogen and oxygen atoms in total. The van der Waals surface area contributed by atoms with Gasteiger partial charge < -0.3 is 4.42 Å². The summed E-state index contributed by atoms with van der Waals surface area (Å²) < 4.78 is 5.10. The molecule has 0 N–H and O–H groups in total. The van der Waals surface area contributed by atoms with E-state index in [1.165, 1.54) is 6.42 Å². The van der Waals surface area contributed by atoms with Crippen LogP contribution in [-0.2, 0) is 0 Å². The molecule has 1 atom stereocenters. The summed E-state index contributed by atoms with van der Waals surface area (Å²) in [6, 6.07) is 3.49. The topological polar surface area (TPSA) is 33.5 Å². The fourth-order valence-electron chi connectivity index (χ4n) is 2.27. The molecule has 2 rings (SSSR count). The van der Waals surface area contributed by atoms with Gasteiger partial charge in [-0.3, -0.25) is 9.69 Å². The SMILES string of the molecule is CC(C)C1CCN(CC(=O)c2ccco2)C1. The Kier molecular flexibility index (Phi) is 3.44. The van der Waals surface area contributed by atoms with Gasteiger partial charge in [0, 0.05) is 6.54 Å². The van der Waals surface area contributed by atoms with Crippen molar-refractivity contribution in [2.24, 2.45) is 11.8 Å². The van der Waals surface area contributed by atoms with Crippen LogP contribution in [0.3, 0.4) is 0 Å². The Morgan fingerprint density at radius 3 is 3.00 bits per heavy atom. The molecule has 2 heterocycles. The number of likely N-dealkylation sites (tertiary alicyclic amines) is 1. The molecule has 1 aromatic heterocycles. The van der Waals surface area contributed by atoms with Crippen LogP contribution in [0.4, 0.5) is 0 Å². The first kappa shape index (κ1) is 11.4. The van der Waals surface area contributed by atoms with E-state index >= 15 is 0 Å². The maximum atomic E-state index is 11.8. The normalized spacial score (nSPS) is 21.8.